The number of nitrogens with one attached hydrogen (secondary N) is 1. The molecule has 0 radical (unpaired) electrons. The highest BCUT2D eigenvalue weighted by molar-refractivity contribution is 7.88. The summed E-state index contributed by atoms with van der Waals surface area (Å²) in [5.41, 5.74) is 0. The number of rotatable bonds is 2. The highest BCUT2D eigenvalue weighted by Crippen LogP contribution is 2.19. The molecule has 2 rings (SSSR count). The molecule has 0 bridgehead atoms. The molecule has 7 heteroatoms. The van der Waals surface area contributed by atoms with Crippen LogP contribution in [0.3, 0.4) is 0 Å². The van der Waals surface area contributed by atoms with Crippen LogP contribution in [0.5, 0.6) is 0 Å². The molecule has 0 aromatic carbocycles. The van der Waals surface area contributed by atoms with Crippen LogP contribution in [0.25, 0.3) is 0 Å². The van der Waals surface area contributed by atoms with E-state index in [0.717, 1.165) is 13.0 Å². The third kappa shape index (κ3) is 2.84. The maximum atomic E-state index is 12.3. The average Bonchev–Trinajstić information content (AvgIpc) is 2.73. The largest absolute Gasteiger partial charge is 0.340 e. The van der Waals surface area contributed by atoms with Gasteiger partial charge >= 0.3 is 0 Å². The Kier molecular flexibility index (Phi) is 3.93. The zero-order valence-electron chi connectivity index (χ0n) is 10.9. The van der Waals surface area contributed by atoms with Crippen LogP contribution in [0, 0.1) is 5.92 Å². The molecule has 2 heterocycles. The van der Waals surface area contributed by atoms with Gasteiger partial charge in [-0.3, -0.25) is 4.79 Å². The zero-order chi connectivity index (χ0) is 13.3. The van der Waals surface area contributed by atoms with Gasteiger partial charge in [0.25, 0.3) is 0 Å². The first-order chi connectivity index (χ1) is 8.39. The average molecular weight is 275 g/mol. The van der Waals surface area contributed by atoms with Crippen molar-refractivity contribution >= 4 is 15.9 Å². The maximum Gasteiger partial charge on any atom is 0.227 e. The Balaban J connectivity index is 1.92. The van der Waals surface area contributed by atoms with Gasteiger partial charge in [-0.1, -0.05) is 0 Å². The fourth-order valence-electron chi connectivity index (χ4n) is 2.67. The molecule has 2 unspecified atom stereocenters. The predicted molar refractivity (Wildman–Crippen MR) is 68.6 cm³/mol. The summed E-state index contributed by atoms with van der Waals surface area (Å²) in [4.78, 5) is 14.1. The smallest absolute Gasteiger partial charge is 0.227 e. The molecule has 6 nitrogen and oxygen atoms in total. The van der Waals surface area contributed by atoms with Crippen molar-refractivity contribution in [3.05, 3.63) is 0 Å². The summed E-state index contributed by atoms with van der Waals surface area (Å²) in [6.07, 6.45) is 2.10. The summed E-state index contributed by atoms with van der Waals surface area (Å²) in [6.45, 7) is 4.77. The van der Waals surface area contributed by atoms with Crippen LogP contribution >= 0.6 is 0 Å². The molecular weight excluding hydrogens is 254 g/mol. The second kappa shape index (κ2) is 5.14. The van der Waals surface area contributed by atoms with Crippen LogP contribution in [-0.4, -0.2) is 68.6 Å². The molecule has 0 aromatic rings. The fourth-order valence-corrected chi connectivity index (χ4v) is 3.50. The van der Waals surface area contributed by atoms with Gasteiger partial charge < -0.3 is 10.2 Å². The van der Waals surface area contributed by atoms with E-state index < -0.39 is 10.0 Å². The third-order valence-electron chi connectivity index (χ3n) is 3.86. The molecule has 0 aromatic heterocycles. The zero-order valence-corrected chi connectivity index (χ0v) is 11.7. The van der Waals surface area contributed by atoms with Crippen molar-refractivity contribution in [1.82, 2.24) is 14.5 Å². The minimum atomic E-state index is -3.12. The number of sulfonamides is 1. The van der Waals surface area contributed by atoms with Gasteiger partial charge in [-0.15, -0.1) is 0 Å². The number of piperazine rings is 1. The van der Waals surface area contributed by atoms with E-state index in [1.807, 2.05) is 6.92 Å². The second-order valence-corrected chi connectivity index (χ2v) is 7.11. The Morgan fingerprint density at radius 1 is 1.22 bits per heavy atom. The topological polar surface area (TPSA) is 69.7 Å². The minimum absolute atomic E-state index is 0.0507. The number of hydrogen-bond acceptors (Lipinski definition) is 4. The summed E-state index contributed by atoms with van der Waals surface area (Å²) in [7, 11) is -3.12. The lowest BCUT2D eigenvalue weighted by molar-refractivity contribution is -0.136. The minimum Gasteiger partial charge on any atom is -0.340 e. The van der Waals surface area contributed by atoms with Gasteiger partial charge in [-0.2, -0.15) is 4.31 Å². The molecule has 104 valence electrons. The van der Waals surface area contributed by atoms with Crippen molar-refractivity contribution in [3.63, 3.8) is 0 Å². The molecular formula is C11H21N3O3S. The van der Waals surface area contributed by atoms with Gasteiger partial charge in [0.05, 0.1) is 12.2 Å². The van der Waals surface area contributed by atoms with Crippen molar-refractivity contribution in [2.75, 3.05) is 39.0 Å². The lowest BCUT2D eigenvalue weighted by Crippen LogP contribution is -2.52. The fraction of sp³-hybridized carbons (Fsp3) is 0.909. The number of amides is 1. The van der Waals surface area contributed by atoms with Gasteiger partial charge in [0.1, 0.15) is 0 Å². The van der Waals surface area contributed by atoms with Crippen LogP contribution in [0.15, 0.2) is 0 Å². The maximum absolute atomic E-state index is 12.3. The van der Waals surface area contributed by atoms with Crippen LogP contribution in [-0.2, 0) is 14.8 Å². The Labute approximate surface area is 108 Å². The van der Waals surface area contributed by atoms with E-state index in [-0.39, 0.29) is 17.9 Å². The molecule has 0 saturated carbocycles. The number of nitrogens with zero attached hydrogens (tertiary/aromatic N) is 2. The van der Waals surface area contributed by atoms with Crippen LogP contribution in [0.1, 0.15) is 13.3 Å². The molecule has 0 aliphatic carbocycles. The van der Waals surface area contributed by atoms with Crippen molar-refractivity contribution in [2.24, 2.45) is 5.92 Å². The second-order valence-electron chi connectivity index (χ2n) is 5.13. The van der Waals surface area contributed by atoms with Crippen molar-refractivity contribution in [1.29, 1.82) is 0 Å². The van der Waals surface area contributed by atoms with E-state index in [2.05, 4.69) is 5.32 Å². The van der Waals surface area contributed by atoms with Crippen molar-refractivity contribution in [3.8, 4) is 0 Å². The monoisotopic (exact) mass is 275 g/mol. The quantitative estimate of drug-likeness (QED) is 0.708. The van der Waals surface area contributed by atoms with E-state index in [1.54, 1.807) is 4.90 Å². The van der Waals surface area contributed by atoms with Crippen molar-refractivity contribution < 1.29 is 13.2 Å². The van der Waals surface area contributed by atoms with Crippen LogP contribution in [0.2, 0.25) is 0 Å². The predicted octanol–water partition coefficient (Wildman–Crippen LogP) is -0.912. The van der Waals surface area contributed by atoms with E-state index >= 15 is 0 Å². The number of carbonyl (C=O) groups is 1. The summed E-state index contributed by atoms with van der Waals surface area (Å²) >= 11 is 0. The Bertz CT molecular complexity index is 415. The first-order valence-electron chi connectivity index (χ1n) is 6.37. The molecule has 1 amide bonds. The van der Waals surface area contributed by atoms with E-state index in [1.165, 1.54) is 10.6 Å². The van der Waals surface area contributed by atoms with Gasteiger partial charge in [-0.05, 0) is 19.9 Å². The molecule has 2 saturated heterocycles. The number of carbonyl (C=O) groups excluding carboxylic acids is 1. The Morgan fingerprint density at radius 3 is 2.28 bits per heavy atom. The Morgan fingerprint density at radius 2 is 1.83 bits per heavy atom. The first-order valence-corrected chi connectivity index (χ1v) is 8.21. The summed E-state index contributed by atoms with van der Waals surface area (Å²) in [5, 5.41) is 3.27. The van der Waals surface area contributed by atoms with Crippen LogP contribution < -0.4 is 5.32 Å². The van der Waals surface area contributed by atoms with Gasteiger partial charge in [-0.25, -0.2) is 8.42 Å². The molecule has 0 spiro atoms. The molecule has 2 aliphatic heterocycles. The molecule has 2 fully saturated rings. The van der Waals surface area contributed by atoms with E-state index in [0.29, 0.717) is 26.2 Å². The Hall–Kier alpha value is -0.660. The van der Waals surface area contributed by atoms with E-state index in [9.17, 15) is 13.2 Å². The summed E-state index contributed by atoms with van der Waals surface area (Å²) in [5.74, 6) is 0.218. The molecule has 18 heavy (non-hydrogen) atoms. The molecule has 1 N–H and O–H groups in total. The highest BCUT2D eigenvalue weighted by atomic mass is 32.2. The normalized spacial score (nSPS) is 30.7. The van der Waals surface area contributed by atoms with Gasteiger partial charge in [0.2, 0.25) is 15.9 Å². The molecule has 2 atom stereocenters. The number of hydrogen-bond donors (Lipinski definition) is 1. The van der Waals surface area contributed by atoms with Crippen molar-refractivity contribution in [2.45, 2.75) is 19.4 Å². The lowest BCUT2D eigenvalue weighted by atomic mass is 10.00. The lowest BCUT2D eigenvalue weighted by Gasteiger charge is -2.35. The van der Waals surface area contributed by atoms with Gasteiger partial charge in [0.15, 0.2) is 0 Å². The van der Waals surface area contributed by atoms with Gasteiger partial charge in [0, 0.05) is 32.2 Å². The standard InChI is InChI=1S/C11H21N3O3S/c1-9-10(3-4-12-9)11(15)13-5-7-14(8-6-13)18(2,16)17/h9-10,12H,3-8H2,1-2H3. The molecule has 2 aliphatic rings. The summed E-state index contributed by atoms with van der Waals surface area (Å²) < 4.78 is 24.2. The van der Waals surface area contributed by atoms with E-state index in [4.69, 9.17) is 0 Å². The summed E-state index contributed by atoms with van der Waals surface area (Å²) in [6, 6.07) is 0.227. The first kappa shape index (κ1) is 13.8. The SMILES string of the molecule is CC1NCCC1C(=O)N1CCN(S(C)(=O)=O)CC1. The van der Waals surface area contributed by atoms with Crippen LogP contribution in [0.4, 0.5) is 0 Å². The third-order valence-corrected chi connectivity index (χ3v) is 5.16. The highest BCUT2D eigenvalue weighted by Gasteiger charge is 2.34.